The highest BCUT2D eigenvalue weighted by molar-refractivity contribution is 5.51. The van der Waals surface area contributed by atoms with Crippen LogP contribution in [0.25, 0.3) is 0 Å². The van der Waals surface area contributed by atoms with Crippen LogP contribution in [0.5, 0.6) is 0 Å². The van der Waals surface area contributed by atoms with Crippen LogP contribution in [-0.4, -0.2) is 23.4 Å². The highest BCUT2D eigenvalue weighted by Gasteiger charge is 2.21. The van der Waals surface area contributed by atoms with E-state index in [9.17, 15) is 0 Å². The van der Waals surface area contributed by atoms with Gasteiger partial charge in [0.2, 0.25) is 0 Å². The molecule has 2 heterocycles. The maximum absolute atomic E-state index is 4.59. The molecule has 3 heteroatoms. The number of hydrogen-bond acceptors (Lipinski definition) is 2. The number of aromatic nitrogens is 2. The van der Waals surface area contributed by atoms with Gasteiger partial charge in [0.25, 0.3) is 0 Å². The van der Waals surface area contributed by atoms with E-state index < -0.39 is 0 Å². The third kappa shape index (κ3) is 1.90. The summed E-state index contributed by atoms with van der Waals surface area (Å²) < 4.78 is 2.16. The van der Waals surface area contributed by atoms with Crippen molar-refractivity contribution in [2.24, 2.45) is 0 Å². The van der Waals surface area contributed by atoms with E-state index >= 15 is 0 Å². The smallest absolute Gasteiger partial charge is 0.0890 e. The van der Waals surface area contributed by atoms with Crippen molar-refractivity contribution in [3.8, 4) is 0 Å². The van der Waals surface area contributed by atoms with Crippen LogP contribution in [0.2, 0.25) is 0 Å². The Kier molecular flexibility index (Phi) is 2.82. The fourth-order valence-electron chi connectivity index (χ4n) is 2.66. The van der Waals surface area contributed by atoms with Crippen molar-refractivity contribution in [1.82, 2.24) is 9.78 Å². The largest absolute Gasteiger partial charge is 0.372 e. The lowest BCUT2D eigenvalue weighted by molar-refractivity contribution is 0.576. The highest BCUT2D eigenvalue weighted by Crippen LogP contribution is 2.29. The number of anilines is 1. The average molecular weight is 241 g/mol. The number of nitrogens with zero attached hydrogens (tertiary/aromatic N) is 3. The molecule has 0 saturated carbocycles. The van der Waals surface area contributed by atoms with Gasteiger partial charge in [0.05, 0.1) is 23.6 Å². The molecule has 0 unspecified atom stereocenters. The van der Waals surface area contributed by atoms with E-state index in [1.54, 1.807) is 0 Å². The van der Waals surface area contributed by atoms with Gasteiger partial charge in [-0.3, -0.25) is 4.68 Å². The molecule has 0 amide bonds. The van der Waals surface area contributed by atoms with Gasteiger partial charge in [-0.2, -0.15) is 5.10 Å². The first kappa shape index (κ1) is 11.3. The minimum atomic E-state index is 0.244. The van der Waals surface area contributed by atoms with Crippen molar-refractivity contribution < 1.29 is 0 Å². The SMILES string of the molecule is CC1=CC=C[C@H](n2ncc3c2CCCN3C)C=C1. The van der Waals surface area contributed by atoms with Crippen molar-refractivity contribution in [2.45, 2.75) is 25.8 Å². The second-order valence-corrected chi connectivity index (χ2v) is 5.09. The molecule has 1 aliphatic heterocycles. The first-order valence-corrected chi connectivity index (χ1v) is 6.56. The van der Waals surface area contributed by atoms with Crippen LogP contribution in [0.1, 0.15) is 25.1 Å². The summed E-state index contributed by atoms with van der Waals surface area (Å²) in [6.07, 6.45) is 15.2. The van der Waals surface area contributed by atoms with Crippen molar-refractivity contribution in [2.75, 3.05) is 18.5 Å². The zero-order valence-corrected chi connectivity index (χ0v) is 11.0. The summed E-state index contributed by atoms with van der Waals surface area (Å²) in [7, 11) is 2.15. The molecule has 0 saturated heterocycles. The number of allylic oxidation sites excluding steroid dienone is 6. The average Bonchev–Trinajstić information content (AvgIpc) is 2.68. The summed E-state index contributed by atoms with van der Waals surface area (Å²) in [5, 5.41) is 4.59. The van der Waals surface area contributed by atoms with Crippen molar-refractivity contribution in [1.29, 1.82) is 0 Å². The van der Waals surface area contributed by atoms with Gasteiger partial charge in [-0.15, -0.1) is 0 Å². The van der Waals surface area contributed by atoms with Crippen LogP contribution in [0.15, 0.2) is 42.2 Å². The van der Waals surface area contributed by atoms with Gasteiger partial charge in [0.15, 0.2) is 0 Å². The lowest BCUT2D eigenvalue weighted by atomic mass is 10.1. The van der Waals surface area contributed by atoms with E-state index in [-0.39, 0.29) is 6.04 Å². The van der Waals surface area contributed by atoms with Gasteiger partial charge >= 0.3 is 0 Å². The summed E-state index contributed by atoms with van der Waals surface area (Å²) in [5.41, 5.74) is 3.94. The fraction of sp³-hybridized carbons (Fsp3) is 0.400. The van der Waals surface area contributed by atoms with Gasteiger partial charge in [-0.25, -0.2) is 0 Å². The summed E-state index contributed by atoms with van der Waals surface area (Å²) >= 11 is 0. The Morgan fingerprint density at radius 2 is 2.22 bits per heavy atom. The molecule has 0 bridgehead atoms. The number of hydrogen-bond donors (Lipinski definition) is 0. The first-order chi connectivity index (χ1) is 8.75. The molecule has 1 aromatic rings. The molecule has 3 rings (SSSR count). The first-order valence-electron chi connectivity index (χ1n) is 6.56. The van der Waals surface area contributed by atoms with E-state index in [1.165, 1.54) is 23.4 Å². The van der Waals surface area contributed by atoms with Crippen LogP contribution in [0.3, 0.4) is 0 Å². The Morgan fingerprint density at radius 1 is 1.33 bits per heavy atom. The quantitative estimate of drug-likeness (QED) is 0.754. The van der Waals surface area contributed by atoms with E-state index in [4.69, 9.17) is 0 Å². The predicted molar refractivity (Wildman–Crippen MR) is 74.9 cm³/mol. The Labute approximate surface area is 108 Å². The van der Waals surface area contributed by atoms with Crippen LogP contribution in [0, 0.1) is 0 Å². The minimum Gasteiger partial charge on any atom is -0.372 e. The van der Waals surface area contributed by atoms with Crippen LogP contribution >= 0.6 is 0 Å². The maximum Gasteiger partial charge on any atom is 0.0890 e. The predicted octanol–water partition coefficient (Wildman–Crippen LogP) is 2.88. The van der Waals surface area contributed by atoms with E-state index in [0.717, 1.165) is 13.0 Å². The second kappa shape index (κ2) is 4.48. The Morgan fingerprint density at radius 3 is 3.11 bits per heavy atom. The third-order valence-electron chi connectivity index (χ3n) is 3.70. The monoisotopic (exact) mass is 241 g/mol. The van der Waals surface area contributed by atoms with E-state index in [2.05, 4.69) is 59.0 Å². The molecule has 1 aliphatic carbocycles. The van der Waals surface area contributed by atoms with Crippen molar-refractivity contribution >= 4 is 5.69 Å². The molecule has 94 valence electrons. The molecule has 0 N–H and O–H groups in total. The number of fused-ring (bicyclic) bond motifs is 1. The van der Waals surface area contributed by atoms with Crippen molar-refractivity contribution in [3.63, 3.8) is 0 Å². The summed E-state index contributed by atoms with van der Waals surface area (Å²) in [4.78, 5) is 2.30. The zero-order valence-electron chi connectivity index (χ0n) is 11.0. The molecular weight excluding hydrogens is 222 g/mol. The molecule has 3 nitrogen and oxygen atoms in total. The summed E-state index contributed by atoms with van der Waals surface area (Å²) in [6.45, 7) is 3.26. The topological polar surface area (TPSA) is 21.1 Å². The lowest BCUT2D eigenvalue weighted by Crippen LogP contribution is -2.25. The molecule has 0 spiro atoms. The zero-order chi connectivity index (χ0) is 12.5. The van der Waals surface area contributed by atoms with Crippen molar-refractivity contribution in [3.05, 3.63) is 47.8 Å². The molecule has 18 heavy (non-hydrogen) atoms. The van der Waals surface area contributed by atoms with E-state index in [0.29, 0.717) is 0 Å². The highest BCUT2D eigenvalue weighted by atomic mass is 15.3. The molecule has 0 aromatic carbocycles. The van der Waals surface area contributed by atoms with E-state index in [1.807, 2.05) is 6.20 Å². The Hall–Kier alpha value is -1.77. The molecule has 1 atom stereocenters. The molecule has 0 radical (unpaired) electrons. The summed E-state index contributed by atoms with van der Waals surface area (Å²) in [5.74, 6) is 0. The maximum atomic E-state index is 4.59. The minimum absolute atomic E-state index is 0.244. The van der Waals surface area contributed by atoms with Crippen LogP contribution in [-0.2, 0) is 6.42 Å². The molecular formula is C15H19N3. The molecule has 1 aromatic heterocycles. The lowest BCUT2D eigenvalue weighted by Gasteiger charge is -2.25. The molecule has 0 fully saturated rings. The van der Waals surface area contributed by atoms with Gasteiger partial charge < -0.3 is 4.90 Å². The van der Waals surface area contributed by atoms with Gasteiger partial charge in [-0.05, 0) is 19.8 Å². The Bertz CT molecular complexity index is 534. The second-order valence-electron chi connectivity index (χ2n) is 5.09. The van der Waals surface area contributed by atoms with Crippen LogP contribution in [0.4, 0.5) is 5.69 Å². The number of rotatable bonds is 1. The van der Waals surface area contributed by atoms with Gasteiger partial charge in [-0.1, -0.05) is 36.0 Å². The Balaban J connectivity index is 1.97. The van der Waals surface area contributed by atoms with Crippen LogP contribution < -0.4 is 4.90 Å². The normalized spacial score (nSPS) is 22.7. The van der Waals surface area contributed by atoms with Gasteiger partial charge in [0, 0.05) is 13.6 Å². The standard InChI is InChI=1S/C15H19N3/c1-12-5-3-6-13(9-8-12)18-14-7-4-10-17(2)15(14)11-16-18/h3,5-6,8-9,11,13H,4,7,10H2,1-2H3/t13-/m0/s1. The fourth-order valence-corrected chi connectivity index (χ4v) is 2.66. The molecule has 2 aliphatic rings. The van der Waals surface area contributed by atoms with Gasteiger partial charge in [0.1, 0.15) is 0 Å². The third-order valence-corrected chi connectivity index (χ3v) is 3.70. The summed E-state index contributed by atoms with van der Waals surface area (Å²) in [6, 6.07) is 0.244.